The summed E-state index contributed by atoms with van der Waals surface area (Å²) < 4.78 is 2.34. The van der Waals surface area contributed by atoms with Crippen LogP contribution in [0.5, 0.6) is 0 Å². The molecule has 0 atom stereocenters. The summed E-state index contributed by atoms with van der Waals surface area (Å²) in [6, 6.07) is 30.1. The minimum Gasteiger partial charge on any atom is -0.399 e. The zero-order valence-electron chi connectivity index (χ0n) is 20.6. The number of rotatable bonds is 4. The predicted molar refractivity (Wildman–Crippen MR) is 143 cm³/mol. The molecule has 4 aromatic rings. The maximum absolute atomic E-state index is 5.95. The second-order valence-electron chi connectivity index (χ2n) is 10.8. The number of nitrogens with two attached hydrogens (primary N) is 1. The van der Waals surface area contributed by atoms with Crippen LogP contribution < -0.4 is 11.1 Å². The third kappa shape index (κ3) is 5.14. The van der Waals surface area contributed by atoms with Crippen molar-refractivity contribution in [1.29, 1.82) is 0 Å². The van der Waals surface area contributed by atoms with Gasteiger partial charge in [0.2, 0.25) is 0 Å². The lowest BCUT2D eigenvalue weighted by atomic mass is 9.87. The van der Waals surface area contributed by atoms with Gasteiger partial charge in [-0.2, -0.15) is 0 Å². The van der Waals surface area contributed by atoms with Crippen molar-refractivity contribution in [3.05, 3.63) is 90.5 Å². The first-order chi connectivity index (χ1) is 15.5. The second-order valence-corrected chi connectivity index (χ2v) is 10.8. The van der Waals surface area contributed by atoms with E-state index in [1.54, 1.807) is 0 Å². The molecule has 0 fully saturated rings. The lowest BCUT2D eigenvalue weighted by Crippen LogP contribution is -2.25. The van der Waals surface area contributed by atoms with E-state index in [-0.39, 0.29) is 11.0 Å². The monoisotopic (exact) mass is 437 g/mol. The highest BCUT2D eigenvalue weighted by atomic mass is 15.0. The molecular weight excluding hydrogens is 402 g/mol. The molecule has 0 bridgehead atoms. The van der Waals surface area contributed by atoms with Gasteiger partial charge in [0.05, 0.1) is 11.4 Å². The summed E-state index contributed by atoms with van der Waals surface area (Å²) in [6.07, 6.45) is 0. The van der Waals surface area contributed by atoms with Crippen LogP contribution in [0, 0.1) is 0 Å². The molecule has 0 saturated heterocycles. The number of anilines is 2. The smallest absolute Gasteiger partial charge is 0.0535 e. The molecule has 3 N–H and O–H groups in total. The first-order valence-corrected chi connectivity index (χ1v) is 11.6. The Morgan fingerprint density at radius 1 is 0.606 bits per heavy atom. The molecule has 0 aliphatic rings. The normalized spacial score (nSPS) is 12.1. The summed E-state index contributed by atoms with van der Waals surface area (Å²) in [5, 5.41) is 3.54. The molecule has 0 amide bonds. The number of benzene rings is 3. The number of nitrogen functional groups attached to an aromatic ring is 1. The third-order valence-electron chi connectivity index (χ3n) is 5.78. The molecule has 0 saturated carbocycles. The van der Waals surface area contributed by atoms with E-state index in [0.29, 0.717) is 0 Å². The van der Waals surface area contributed by atoms with Crippen LogP contribution >= 0.6 is 0 Å². The summed E-state index contributed by atoms with van der Waals surface area (Å²) in [7, 11) is 0. The van der Waals surface area contributed by atoms with E-state index >= 15 is 0 Å². The van der Waals surface area contributed by atoms with Crippen LogP contribution in [0.3, 0.4) is 0 Å². The molecule has 33 heavy (non-hydrogen) atoms. The molecule has 3 nitrogen and oxygen atoms in total. The summed E-state index contributed by atoms with van der Waals surface area (Å²) in [6.45, 7) is 13.3. The van der Waals surface area contributed by atoms with E-state index in [4.69, 9.17) is 5.73 Å². The van der Waals surface area contributed by atoms with E-state index in [1.165, 1.54) is 11.1 Å². The van der Waals surface area contributed by atoms with Gasteiger partial charge in [0.25, 0.3) is 0 Å². The summed E-state index contributed by atoms with van der Waals surface area (Å²) in [4.78, 5) is 0. The molecule has 4 rings (SSSR count). The molecule has 0 aliphatic heterocycles. The standard InChI is InChI=1S/C30H35N3/c1-29(2,3)23-11-17-26(18-12-23)33-27(21-7-13-24(31)14-8-21)19-20-28(33)22-9-15-25(16-10-22)32-30(4,5)6/h7-20,32H,31H2,1-6H3. The number of nitrogens with zero attached hydrogens (tertiary/aromatic N) is 1. The van der Waals surface area contributed by atoms with E-state index in [0.717, 1.165) is 34.0 Å². The molecule has 0 radical (unpaired) electrons. The van der Waals surface area contributed by atoms with Crippen molar-refractivity contribution in [1.82, 2.24) is 4.57 Å². The lowest BCUT2D eigenvalue weighted by molar-refractivity contribution is 0.590. The molecule has 1 aromatic heterocycles. The summed E-state index contributed by atoms with van der Waals surface area (Å²) in [5.41, 5.74) is 15.1. The van der Waals surface area contributed by atoms with Crippen molar-refractivity contribution in [2.45, 2.75) is 52.5 Å². The quantitative estimate of drug-likeness (QED) is 0.319. The molecule has 0 spiro atoms. The minimum atomic E-state index is 0.0266. The zero-order valence-corrected chi connectivity index (χ0v) is 20.6. The molecule has 170 valence electrons. The first kappa shape index (κ1) is 22.7. The average molecular weight is 438 g/mol. The van der Waals surface area contributed by atoms with E-state index < -0.39 is 0 Å². The van der Waals surface area contributed by atoms with Gasteiger partial charge in [-0.05, 0) is 91.4 Å². The van der Waals surface area contributed by atoms with Gasteiger partial charge >= 0.3 is 0 Å². The van der Waals surface area contributed by atoms with Gasteiger partial charge in [-0.25, -0.2) is 0 Å². The van der Waals surface area contributed by atoms with Crippen LogP contribution in [-0.4, -0.2) is 10.1 Å². The van der Waals surface area contributed by atoms with Crippen LogP contribution in [0.4, 0.5) is 11.4 Å². The number of aromatic nitrogens is 1. The maximum Gasteiger partial charge on any atom is 0.0535 e. The van der Waals surface area contributed by atoms with E-state index in [2.05, 4.69) is 124 Å². The minimum absolute atomic E-state index is 0.0266. The Balaban J connectivity index is 1.82. The van der Waals surface area contributed by atoms with E-state index in [1.807, 2.05) is 12.1 Å². The summed E-state index contributed by atoms with van der Waals surface area (Å²) >= 11 is 0. The van der Waals surface area contributed by atoms with Gasteiger partial charge in [0.1, 0.15) is 0 Å². The third-order valence-corrected chi connectivity index (χ3v) is 5.78. The maximum atomic E-state index is 5.95. The van der Waals surface area contributed by atoms with Gasteiger partial charge in [-0.3, -0.25) is 0 Å². The fourth-order valence-corrected chi connectivity index (χ4v) is 4.09. The fraction of sp³-hybridized carbons (Fsp3) is 0.267. The number of hydrogen-bond acceptors (Lipinski definition) is 2. The lowest BCUT2D eigenvalue weighted by Gasteiger charge is -2.22. The molecule has 3 heteroatoms. The van der Waals surface area contributed by atoms with Crippen molar-refractivity contribution in [2.24, 2.45) is 0 Å². The van der Waals surface area contributed by atoms with Crippen LogP contribution in [0.2, 0.25) is 0 Å². The predicted octanol–water partition coefficient (Wildman–Crippen LogP) is 7.90. The summed E-state index contributed by atoms with van der Waals surface area (Å²) in [5.74, 6) is 0. The second kappa shape index (κ2) is 8.47. The Kier molecular flexibility index (Phi) is 5.84. The molecule has 0 aliphatic carbocycles. The zero-order chi connectivity index (χ0) is 23.8. The van der Waals surface area contributed by atoms with Crippen molar-refractivity contribution in [3.8, 4) is 28.2 Å². The highest BCUT2D eigenvalue weighted by Gasteiger charge is 2.17. The van der Waals surface area contributed by atoms with Crippen LogP contribution in [0.25, 0.3) is 28.2 Å². The molecule has 1 heterocycles. The molecule has 3 aromatic carbocycles. The van der Waals surface area contributed by atoms with Crippen LogP contribution in [0.1, 0.15) is 47.1 Å². The van der Waals surface area contributed by atoms with Crippen LogP contribution in [-0.2, 0) is 5.41 Å². The molecule has 0 unspecified atom stereocenters. The Hall–Kier alpha value is -3.46. The van der Waals surface area contributed by atoms with Crippen molar-refractivity contribution in [2.75, 3.05) is 11.1 Å². The Bertz CT molecular complexity index is 1210. The number of nitrogens with one attached hydrogen (secondary N) is 1. The first-order valence-electron chi connectivity index (χ1n) is 11.6. The van der Waals surface area contributed by atoms with Crippen molar-refractivity contribution >= 4 is 11.4 Å². The van der Waals surface area contributed by atoms with Gasteiger partial charge in [-0.15, -0.1) is 0 Å². The largest absolute Gasteiger partial charge is 0.399 e. The average Bonchev–Trinajstić information content (AvgIpc) is 3.18. The Labute approximate surface area is 198 Å². The SMILES string of the molecule is CC(C)(C)Nc1ccc(-c2ccc(-c3ccc(N)cc3)n2-c2ccc(C(C)(C)C)cc2)cc1. The topological polar surface area (TPSA) is 43.0 Å². The Morgan fingerprint density at radius 2 is 1.09 bits per heavy atom. The van der Waals surface area contributed by atoms with E-state index in [9.17, 15) is 0 Å². The van der Waals surface area contributed by atoms with Gasteiger partial charge in [0.15, 0.2) is 0 Å². The highest BCUT2D eigenvalue weighted by Crippen LogP contribution is 2.34. The molecular formula is C30H35N3. The highest BCUT2D eigenvalue weighted by molar-refractivity contribution is 5.74. The fourth-order valence-electron chi connectivity index (χ4n) is 4.09. The number of hydrogen-bond donors (Lipinski definition) is 2. The van der Waals surface area contributed by atoms with Crippen LogP contribution in [0.15, 0.2) is 84.9 Å². The van der Waals surface area contributed by atoms with Crippen molar-refractivity contribution in [3.63, 3.8) is 0 Å². The van der Waals surface area contributed by atoms with Crippen molar-refractivity contribution < 1.29 is 0 Å². The van der Waals surface area contributed by atoms with Gasteiger partial charge in [0, 0.05) is 22.6 Å². The van der Waals surface area contributed by atoms with Gasteiger partial charge < -0.3 is 15.6 Å². The Morgan fingerprint density at radius 3 is 1.55 bits per heavy atom. The van der Waals surface area contributed by atoms with Gasteiger partial charge in [-0.1, -0.05) is 57.2 Å².